The number of nitrogens with zero attached hydrogens (tertiary/aromatic N) is 3. The van der Waals surface area contributed by atoms with Crippen molar-refractivity contribution >= 4 is 44.6 Å². The van der Waals surface area contributed by atoms with Gasteiger partial charge in [0.15, 0.2) is 0 Å². The molecule has 3 rings (SSSR count). The minimum Gasteiger partial charge on any atom is -0.363 e. The summed E-state index contributed by atoms with van der Waals surface area (Å²) in [5.41, 5.74) is 1.93. The van der Waals surface area contributed by atoms with E-state index in [-0.39, 0.29) is 5.75 Å². The van der Waals surface area contributed by atoms with Crippen LogP contribution in [0, 0.1) is 6.92 Å². The number of benzene rings is 2. The number of sulfonamides is 1. The summed E-state index contributed by atoms with van der Waals surface area (Å²) in [6.45, 7) is 1.83. The van der Waals surface area contributed by atoms with Crippen LogP contribution >= 0.6 is 11.6 Å². The Hall–Kier alpha value is -2.84. The van der Waals surface area contributed by atoms with Crippen LogP contribution in [0.25, 0.3) is 0 Å². The third kappa shape index (κ3) is 6.07. The Labute approximate surface area is 175 Å². The summed E-state index contributed by atoms with van der Waals surface area (Å²) in [7, 11) is 0.294. The second-order valence-electron chi connectivity index (χ2n) is 6.74. The van der Waals surface area contributed by atoms with Crippen LogP contribution in [-0.2, 0) is 15.8 Å². The Bertz CT molecular complexity index is 1080. The first-order valence-electron chi connectivity index (χ1n) is 8.85. The molecule has 7 nitrogen and oxygen atoms in total. The van der Waals surface area contributed by atoms with Crippen LogP contribution in [0.1, 0.15) is 11.4 Å². The molecule has 0 unspecified atom stereocenters. The summed E-state index contributed by atoms with van der Waals surface area (Å²) in [4.78, 5) is 10.6. The molecule has 0 bridgehead atoms. The van der Waals surface area contributed by atoms with Gasteiger partial charge in [-0.3, -0.25) is 4.72 Å². The number of nitrogens with one attached hydrogen (secondary N) is 2. The van der Waals surface area contributed by atoms with Crippen molar-refractivity contribution in [1.82, 2.24) is 9.97 Å². The summed E-state index contributed by atoms with van der Waals surface area (Å²) in [6.07, 6.45) is 0. The number of aryl methyl sites for hydroxylation is 1. The average molecular weight is 432 g/mol. The predicted octanol–water partition coefficient (Wildman–Crippen LogP) is 4.19. The van der Waals surface area contributed by atoms with Crippen molar-refractivity contribution in [2.45, 2.75) is 12.7 Å². The van der Waals surface area contributed by atoms with E-state index in [1.807, 2.05) is 32.0 Å². The minimum absolute atomic E-state index is 0.127. The van der Waals surface area contributed by atoms with Gasteiger partial charge in [-0.1, -0.05) is 23.7 Å². The smallest absolute Gasteiger partial charge is 0.236 e. The molecule has 0 radical (unpaired) electrons. The SMILES string of the molecule is Cc1nc(Nc2ccc(NS(=O)(=O)Cc3ccc(Cl)cc3)cc2)cc(N(C)C)n1. The highest BCUT2D eigenvalue weighted by Crippen LogP contribution is 2.21. The molecule has 0 aliphatic carbocycles. The first-order chi connectivity index (χ1) is 13.7. The van der Waals surface area contributed by atoms with Crippen LogP contribution in [0.3, 0.4) is 0 Å². The molecular weight excluding hydrogens is 410 g/mol. The number of anilines is 4. The van der Waals surface area contributed by atoms with Gasteiger partial charge in [0.2, 0.25) is 10.0 Å². The Morgan fingerprint density at radius 3 is 2.21 bits per heavy atom. The molecule has 9 heteroatoms. The van der Waals surface area contributed by atoms with Crippen molar-refractivity contribution in [2.24, 2.45) is 0 Å². The lowest BCUT2D eigenvalue weighted by Gasteiger charge is -2.14. The van der Waals surface area contributed by atoms with Gasteiger partial charge >= 0.3 is 0 Å². The normalized spacial score (nSPS) is 11.2. The third-order valence-electron chi connectivity index (χ3n) is 3.98. The van der Waals surface area contributed by atoms with Crippen LogP contribution in [0.2, 0.25) is 5.02 Å². The fraction of sp³-hybridized carbons (Fsp3) is 0.200. The van der Waals surface area contributed by atoms with Gasteiger partial charge in [-0.05, 0) is 48.9 Å². The van der Waals surface area contributed by atoms with Crippen molar-refractivity contribution < 1.29 is 8.42 Å². The van der Waals surface area contributed by atoms with E-state index in [0.717, 1.165) is 11.5 Å². The molecule has 0 fully saturated rings. The van der Waals surface area contributed by atoms with Gasteiger partial charge in [-0.2, -0.15) is 0 Å². The maximum Gasteiger partial charge on any atom is 0.236 e. The third-order valence-corrected chi connectivity index (χ3v) is 5.50. The summed E-state index contributed by atoms with van der Waals surface area (Å²) < 4.78 is 27.4. The van der Waals surface area contributed by atoms with Gasteiger partial charge in [0.25, 0.3) is 0 Å². The first-order valence-corrected chi connectivity index (χ1v) is 10.9. The van der Waals surface area contributed by atoms with Gasteiger partial charge in [0.05, 0.1) is 5.75 Å². The highest BCUT2D eigenvalue weighted by atomic mass is 35.5. The first kappa shape index (κ1) is 20.9. The minimum atomic E-state index is -3.53. The standard InChI is InChI=1S/C20H22ClN5O2S/c1-14-22-19(12-20(23-14)26(2)3)24-17-8-10-18(11-9-17)25-29(27,28)13-15-4-6-16(21)7-5-15/h4-12,25H,13H2,1-3H3,(H,22,23,24). The summed E-state index contributed by atoms with van der Waals surface area (Å²) >= 11 is 5.84. The van der Waals surface area contributed by atoms with Crippen LogP contribution in [0.5, 0.6) is 0 Å². The second kappa shape index (κ2) is 8.67. The van der Waals surface area contributed by atoms with E-state index >= 15 is 0 Å². The van der Waals surface area contributed by atoms with E-state index in [2.05, 4.69) is 20.0 Å². The van der Waals surface area contributed by atoms with E-state index in [9.17, 15) is 8.42 Å². The molecule has 3 aromatic rings. The molecule has 0 aliphatic rings. The zero-order valence-corrected chi connectivity index (χ0v) is 17.9. The van der Waals surface area contributed by atoms with E-state index in [1.165, 1.54) is 0 Å². The average Bonchev–Trinajstić information content (AvgIpc) is 2.64. The van der Waals surface area contributed by atoms with Crippen molar-refractivity contribution in [3.05, 3.63) is 71.0 Å². The lowest BCUT2D eigenvalue weighted by molar-refractivity contribution is 0.600. The largest absolute Gasteiger partial charge is 0.363 e. The molecule has 2 N–H and O–H groups in total. The van der Waals surface area contributed by atoms with E-state index in [4.69, 9.17) is 11.6 Å². The zero-order valence-electron chi connectivity index (χ0n) is 16.3. The zero-order chi connectivity index (χ0) is 21.0. The summed E-state index contributed by atoms with van der Waals surface area (Å²) in [5, 5.41) is 3.78. The fourth-order valence-corrected chi connectivity index (χ4v) is 3.95. The van der Waals surface area contributed by atoms with Crippen LogP contribution < -0.4 is 14.9 Å². The van der Waals surface area contributed by atoms with Crippen molar-refractivity contribution in [3.8, 4) is 0 Å². The molecule has 0 amide bonds. The van der Waals surface area contributed by atoms with Gasteiger partial charge in [-0.25, -0.2) is 18.4 Å². The van der Waals surface area contributed by atoms with Crippen molar-refractivity contribution in [1.29, 1.82) is 0 Å². The Balaban J connectivity index is 1.68. The molecule has 2 aromatic carbocycles. The van der Waals surface area contributed by atoms with Gasteiger partial charge in [0.1, 0.15) is 17.5 Å². The van der Waals surface area contributed by atoms with Crippen LogP contribution in [-0.4, -0.2) is 32.5 Å². The monoisotopic (exact) mass is 431 g/mol. The number of hydrogen-bond donors (Lipinski definition) is 2. The van der Waals surface area contributed by atoms with Gasteiger partial charge in [0, 0.05) is 36.6 Å². The van der Waals surface area contributed by atoms with E-state index in [0.29, 0.717) is 27.9 Å². The number of halogens is 1. The second-order valence-corrected chi connectivity index (χ2v) is 8.90. The highest BCUT2D eigenvalue weighted by molar-refractivity contribution is 7.91. The fourth-order valence-electron chi connectivity index (χ4n) is 2.63. The molecule has 29 heavy (non-hydrogen) atoms. The molecule has 0 spiro atoms. The maximum absolute atomic E-state index is 12.4. The van der Waals surface area contributed by atoms with Gasteiger partial charge < -0.3 is 10.2 Å². The number of hydrogen-bond acceptors (Lipinski definition) is 6. The molecule has 1 aromatic heterocycles. The van der Waals surface area contributed by atoms with Crippen molar-refractivity contribution in [2.75, 3.05) is 29.0 Å². The molecule has 0 saturated heterocycles. The summed E-state index contributed by atoms with van der Waals surface area (Å²) in [5.74, 6) is 1.99. The lowest BCUT2D eigenvalue weighted by atomic mass is 10.2. The summed E-state index contributed by atoms with van der Waals surface area (Å²) in [6, 6.07) is 15.5. The van der Waals surface area contributed by atoms with Crippen LogP contribution in [0.4, 0.5) is 23.0 Å². The molecule has 0 saturated carbocycles. The Kier molecular flexibility index (Phi) is 6.24. The Morgan fingerprint density at radius 1 is 0.966 bits per heavy atom. The van der Waals surface area contributed by atoms with Crippen LogP contribution in [0.15, 0.2) is 54.6 Å². The Morgan fingerprint density at radius 2 is 1.59 bits per heavy atom. The highest BCUT2D eigenvalue weighted by Gasteiger charge is 2.12. The molecule has 152 valence electrons. The predicted molar refractivity (Wildman–Crippen MR) is 119 cm³/mol. The molecule has 0 atom stereocenters. The van der Waals surface area contributed by atoms with E-state index < -0.39 is 10.0 Å². The maximum atomic E-state index is 12.4. The molecule has 1 heterocycles. The number of rotatable bonds is 7. The molecular formula is C20H22ClN5O2S. The molecule has 0 aliphatic heterocycles. The topological polar surface area (TPSA) is 87.2 Å². The van der Waals surface area contributed by atoms with Gasteiger partial charge in [-0.15, -0.1) is 0 Å². The lowest BCUT2D eigenvalue weighted by Crippen LogP contribution is -2.15. The van der Waals surface area contributed by atoms with Crippen molar-refractivity contribution in [3.63, 3.8) is 0 Å². The van der Waals surface area contributed by atoms with E-state index in [1.54, 1.807) is 48.5 Å². The quantitative estimate of drug-likeness (QED) is 0.583. The number of aromatic nitrogens is 2.